The number of hydrogen-bond acceptors (Lipinski definition) is 2. The average molecular weight is 320 g/mol. The molecule has 2 aromatic carbocycles. The summed E-state index contributed by atoms with van der Waals surface area (Å²) in [4.78, 5) is 26.5. The molecule has 122 valence electrons. The Morgan fingerprint density at radius 2 is 1.83 bits per heavy atom. The fourth-order valence-corrected chi connectivity index (χ4v) is 3.45. The lowest BCUT2D eigenvalue weighted by Gasteiger charge is -2.19. The number of nitrogens with zero attached hydrogens (tertiary/aromatic N) is 1. The molecule has 1 aliphatic heterocycles. The second-order valence-electron chi connectivity index (χ2n) is 6.60. The first-order valence-electron chi connectivity index (χ1n) is 8.46. The molecule has 4 rings (SSSR count). The SMILES string of the molecule is O=C1CCCN1c1cccc(NC(=O)C2(c3ccccc3)CC2)c1. The van der Waals surface area contributed by atoms with E-state index in [2.05, 4.69) is 5.32 Å². The molecule has 0 radical (unpaired) electrons. The van der Waals surface area contributed by atoms with Crippen LogP contribution in [0.3, 0.4) is 0 Å². The van der Waals surface area contributed by atoms with Crippen molar-refractivity contribution in [1.29, 1.82) is 0 Å². The highest BCUT2D eigenvalue weighted by Gasteiger charge is 2.51. The molecule has 2 aliphatic rings. The molecule has 2 amide bonds. The number of benzene rings is 2. The maximum atomic E-state index is 12.8. The number of carbonyl (C=O) groups excluding carboxylic acids is 2. The number of hydrogen-bond donors (Lipinski definition) is 1. The van der Waals surface area contributed by atoms with Crippen LogP contribution in [-0.4, -0.2) is 18.4 Å². The quantitative estimate of drug-likeness (QED) is 0.937. The lowest BCUT2D eigenvalue weighted by Crippen LogP contribution is -2.28. The van der Waals surface area contributed by atoms with E-state index >= 15 is 0 Å². The van der Waals surface area contributed by atoms with Gasteiger partial charge in [0.05, 0.1) is 5.41 Å². The molecule has 4 heteroatoms. The highest BCUT2D eigenvalue weighted by molar-refractivity contribution is 6.02. The zero-order valence-electron chi connectivity index (χ0n) is 13.5. The highest BCUT2D eigenvalue weighted by Crippen LogP contribution is 2.49. The smallest absolute Gasteiger partial charge is 0.235 e. The molecular weight excluding hydrogens is 300 g/mol. The topological polar surface area (TPSA) is 49.4 Å². The van der Waals surface area contributed by atoms with Crippen molar-refractivity contribution in [3.05, 3.63) is 60.2 Å². The van der Waals surface area contributed by atoms with Crippen LogP contribution in [0.15, 0.2) is 54.6 Å². The van der Waals surface area contributed by atoms with Gasteiger partial charge >= 0.3 is 0 Å². The fraction of sp³-hybridized carbons (Fsp3) is 0.300. The zero-order chi connectivity index (χ0) is 16.6. The third-order valence-corrected chi connectivity index (χ3v) is 5.00. The standard InChI is InChI=1S/C20H20N2O2/c23-18-10-5-13-22(18)17-9-4-8-16(14-17)21-19(24)20(11-12-20)15-6-2-1-3-7-15/h1-4,6-9,14H,5,10-13H2,(H,21,24). The predicted octanol–water partition coefficient (Wildman–Crippen LogP) is 3.48. The third kappa shape index (κ3) is 2.58. The Hall–Kier alpha value is -2.62. The van der Waals surface area contributed by atoms with Gasteiger partial charge < -0.3 is 10.2 Å². The minimum Gasteiger partial charge on any atom is -0.325 e. The molecular formula is C20H20N2O2. The van der Waals surface area contributed by atoms with E-state index in [0.717, 1.165) is 42.7 Å². The van der Waals surface area contributed by atoms with Crippen LogP contribution in [0.25, 0.3) is 0 Å². The number of amides is 2. The number of carbonyl (C=O) groups is 2. The van der Waals surface area contributed by atoms with Crippen LogP contribution in [0.5, 0.6) is 0 Å². The molecule has 0 atom stereocenters. The van der Waals surface area contributed by atoms with Crippen molar-refractivity contribution in [2.75, 3.05) is 16.8 Å². The van der Waals surface area contributed by atoms with E-state index < -0.39 is 0 Å². The Morgan fingerprint density at radius 3 is 2.50 bits per heavy atom. The van der Waals surface area contributed by atoms with Crippen molar-refractivity contribution in [1.82, 2.24) is 0 Å². The molecule has 0 unspecified atom stereocenters. The van der Waals surface area contributed by atoms with Gasteiger partial charge in [0.2, 0.25) is 11.8 Å². The van der Waals surface area contributed by atoms with Gasteiger partial charge in [0.15, 0.2) is 0 Å². The second kappa shape index (κ2) is 5.78. The Kier molecular flexibility index (Phi) is 3.60. The summed E-state index contributed by atoms with van der Waals surface area (Å²) in [5, 5.41) is 3.04. The molecule has 0 bridgehead atoms. The van der Waals surface area contributed by atoms with Crippen molar-refractivity contribution >= 4 is 23.2 Å². The van der Waals surface area contributed by atoms with Gasteiger partial charge in [-0.15, -0.1) is 0 Å². The van der Waals surface area contributed by atoms with Crippen molar-refractivity contribution in [2.45, 2.75) is 31.1 Å². The fourth-order valence-electron chi connectivity index (χ4n) is 3.45. The molecule has 2 aromatic rings. The Morgan fingerprint density at radius 1 is 1.04 bits per heavy atom. The molecule has 1 aliphatic carbocycles. The van der Waals surface area contributed by atoms with Crippen LogP contribution < -0.4 is 10.2 Å². The molecule has 1 N–H and O–H groups in total. The van der Waals surface area contributed by atoms with Gasteiger partial charge in [0.25, 0.3) is 0 Å². The van der Waals surface area contributed by atoms with E-state index in [1.165, 1.54) is 0 Å². The Labute approximate surface area is 141 Å². The van der Waals surface area contributed by atoms with Crippen LogP contribution in [0.1, 0.15) is 31.2 Å². The molecule has 0 spiro atoms. The van der Waals surface area contributed by atoms with Crippen LogP contribution in [-0.2, 0) is 15.0 Å². The molecule has 2 fully saturated rings. The molecule has 1 saturated carbocycles. The lowest BCUT2D eigenvalue weighted by atomic mass is 9.95. The largest absolute Gasteiger partial charge is 0.325 e. The molecule has 0 aromatic heterocycles. The van der Waals surface area contributed by atoms with Gasteiger partial charge in [-0.05, 0) is 43.0 Å². The van der Waals surface area contributed by atoms with E-state index in [-0.39, 0.29) is 17.2 Å². The molecule has 1 saturated heterocycles. The van der Waals surface area contributed by atoms with E-state index in [4.69, 9.17) is 0 Å². The average Bonchev–Trinajstić information content (AvgIpc) is 3.32. The first-order chi connectivity index (χ1) is 11.7. The normalized spacial score (nSPS) is 18.5. The second-order valence-corrected chi connectivity index (χ2v) is 6.60. The summed E-state index contributed by atoms with van der Waals surface area (Å²) in [6.45, 7) is 0.754. The van der Waals surface area contributed by atoms with E-state index in [1.807, 2.05) is 54.6 Å². The summed E-state index contributed by atoms with van der Waals surface area (Å²) in [7, 11) is 0. The van der Waals surface area contributed by atoms with Gasteiger partial charge in [-0.25, -0.2) is 0 Å². The van der Waals surface area contributed by atoms with Crippen LogP contribution in [0.2, 0.25) is 0 Å². The molecule has 1 heterocycles. The zero-order valence-corrected chi connectivity index (χ0v) is 13.5. The van der Waals surface area contributed by atoms with Crippen LogP contribution in [0, 0.1) is 0 Å². The van der Waals surface area contributed by atoms with Crippen LogP contribution >= 0.6 is 0 Å². The molecule has 4 nitrogen and oxygen atoms in total. The van der Waals surface area contributed by atoms with Gasteiger partial charge in [0, 0.05) is 24.3 Å². The minimum atomic E-state index is -0.388. The summed E-state index contributed by atoms with van der Waals surface area (Å²) in [6, 6.07) is 17.5. The number of rotatable bonds is 4. The maximum absolute atomic E-state index is 12.8. The highest BCUT2D eigenvalue weighted by atomic mass is 16.2. The lowest BCUT2D eigenvalue weighted by molar-refractivity contribution is -0.118. The number of nitrogens with one attached hydrogen (secondary N) is 1. The summed E-state index contributed by atoms with van der Waals surface area (Å²) >= 11 is 0. The summed E-state index contributed by atoms with van der Waals surface area (Å²) in [5.41, 5.74) is 2.30. The predicted molar refractivity (Wildman–Crippen MR) is 94.0 cm³/mol. The maximum Gasteiger partial charge on any atom is 0.235 e. The number of anilines is 2. The summed E-state index contributed by atoms with van der Waals surface area (Å²) < 4.78 is 0. The van der Waals surface area contributed by atoms with E-state index in [0.29, 0.717) is 6.42 Å². The first kappa shape index (κ1) is 14.9. The summed E-state index contributed by atoms with van der Waals surface area (Å²) in [6.07, 6.45) is 3.26. The van der Waals surface area contributed by atoms with Gasteiger partial charge in [0.1, 0.15) is 0 Å². The van der Waals surface area contributed by atoms with Crippen molar-refractivity contribution < 1.29 is 9.59 Å². The van der Waals surface area contributed by atoms with Crippen molar-refractivity contribution in [3.63, 3.8) is 0 Å². The first-order valence-corrected chi connectivity index (χ1v) is 8.46. The Balaban J connectivity index is 1.53. The Bertz CT molecular complexity index is 781. The van der Waals surface area contributed by atoms with E-state index in [9.17, 15) is 9.59 Å². The monoisotopic (exact) mass is 320 g/mol. The summed E-state index contributed by atoms with van der Waals surface area (Å²) in [5.74, 6) is 0.194. The van der Waals surface area contributed by atoms with Crippen molar-refractivity contribution in [3.8, 4) is 0 Å². The van der Waals surface area contributed by atoms with Crippen molar-refractivity contribution in [2.24, 2.45) is 0 Å². The van der Waals surface area contributed by atoms with Gasteiger partial charge in [-0.1, -0.05) is 36.4 Å². The van der Waals surface area contributed by atoms with Gasteiger partial charge in [-0.3, -0.25) is 9.59 Å². The van der Waals surface area contributed by atoms with Crippen LogP contribution in [0.4, 0.5) is 11.4 Å². The minimum absolute atomic E-state index is 0.0404. The third-order valence-electron chi connectivity index (χ3n) is 5.00. The van der Waals surface area contributed by atoms with Gasteiger partial charge in [-0.2, -0.15) is 0 Å². The molecule has 24 heavy (non-hydrogen) atoms. The van der Waals surface area contributed by atoms with E-state index in [1.54, 1.807) is 4.90 Å².